The summed E-state index contributed by atoms with van der Waals surface area (Å²) in [5, 5.41) is 2.09. The van der Waals surface area contributed by atoms with Gasteiger partial charge in [0.25, 0.3) is 0 Å². The molecule has 3 N–H and O–H groups in total. The minimum atomic E-state index is -0.0171. The van der Waals surface area contributed by atoms with E-state index < -0.39 is 0 Å². The molecule has 2 rings (SSSR count). The lowest BCUT2D eigenvalue weighted by Gasteiger charge is -2.17. The molecule has 0 aliphatic rings. The molecule has 2 heterocycles. The first kappa shape index (κ1) is 12.3. The summed E-state index contributed by atoms with van der Waals surface area (Å²) in [4.78, 5) is 5.66. The van der Waals surface area contributed by atoms with Crippen LogP contribution in [0.25, 0.3) is 0 Å². The van der Waals surface area contributed by atoms with Gasteiger partial charge in [-0.05, 0) is 30.4 Å². The SMILES string of the molecule is CCCn1ccnc1C(NN)c1sccc1C. The van der Waals surface area contributed by atoms with Crippen molar-refractivity contribution in [2.75, 3.05) is 0 Å². The zero-order chi connectivity index (χ0) is 12.3. The second-order valence-electron chi connectivity index (χ2n) is 4.05. The molecule has 1 unspecified atom stereocenters. The number of nitrogens with zero attached hydrogens (tertiary/aromatic N) is 2. The third-order valence-electron chi connectivity index (χ3n) is 2.80. The molecule has 0 aromatic carbocycles. The molecule has 0 fully saturated rings. The number of hydrazine groups is 1. The van der Waals surface area contributed by atoms with Crippen LogP contribution in [0.15, 0.2) is 23.8 Å². The van der Waals surface area contributed by atoms with E-state index in [2.05, 4.69) is 40.3 Å². The molecule has 17 heavy (non-hydrogen) atoms. The Balaban J connectivity index is 2.35. The van der Waals surface area contributed by atoms with Crippen LogP contribution < -0.4 is 11.3 Å². The van der Waals surface area contributed by atoms with Crippen LogP contribution in [0.2, 0.25) is 0 Å². The summed E-state index contributed by atoms with van der Waals surface area (Å²) in [6.45, 7) is 5.23. The largest absolute Gasteiger partial charge is 0.333 e. The first-order chi connectivity index (χ1) is 8.27. The number of rotatable bonds is 5. The maximum Gasteiger partial charge on any atom is 0.132 e. The molecule has 0 aliphatic carbocycles. The second kappa shape index (κ2) is 5.44. The van der Waals surface area contributed by atoms with Gasteiger partial charge in [-0.15, -0.1) is 11.3 Å². The van der Waals surface area contributed by atoms with Crippen LogP contribution in [0.1, 0.15) is 35.7 Å². The molecule has 4 nitrogen and oxygen atoms in total. The first-order valence-corrected chi connectivity index (χ1v) is 6.67. The molecule has 2 aromatic rings. The summed E-state index contributed by atoms with van der Waals surface area (Å²) in [5.41, 5.74) is 4.13. The number of hydrogen-bond donors (Lipinski definition) is 2. The molecule has 1 atom stereocenters. The molecule has 0 aliphatic heterocycles. The fraction of sp³-hybridized carbons (Fsp3) is 0.417. The fourth-order valence-electron chi connectivity index (χ4n) is 1.96. The third-order valence-corrected chi connectivity index (χ3v) is 3.88. The van der Waals surface area contributed by atoms with Gasteiger partial charge >= 0.3 is 0 Å². The second-order valence-corrected chi connectivity index (χ2v) is 4.99. The van der Waals surface area contributed by atoms with E-state index in [1.54, 1.807) is 11.3 Å². The van der Waals surface area contributed by atoms with Crippen molar-refractivity contribution in [1.82, 2.24) is 15.0 Å². The van der Waals surface area contributed by atoms with Crippen LogP contribution in [0.4, 0.5) is 0 Å². The Hall–Kier alpha value is -1.17. The number of nitrogens with two attached hydrogens (primary N) is 1. The summed E-state index contributed by atoms with van der Waals surface area (Å²) in [6.07, 6.45) is 4.93. The Labute approximate surface area is 105 Å². The van der Waals surface area contributed by atoms with Crippen molar-refractivity contribution < 1.29 is 0 Å². The van der Waals surface area contributed by atoms with E-state index in [1.165, 1.54) is 10.4 Å². The van der Waals surface area contributed by atoms with Gasteiger partial charge in [-0.25, -0.2) is 10.4 Å². The molecule has 0 radical (unpaired) electrons. The van der Waals surface area contributed by atoms with Gasteiger partial charge in [0.15, 0.2) is 0 Å². The highest BCUT2D eigenvalue weighted by Crippen LogP contribution is 2.27. The lowest BCUT2D eigenvalue weighted by Crippen LogP contribution is -2.31. The molecular formula is C12H18N4S. The Morgan fingerprint density at radius 3 is 3.00 bits per heavy atom. The number of nitrogens with one attached hydrogen (secondary N) is 1. The minimum absolute atomic E-state index is 0.0171. The molecule has 0 saturated carbocycles. The lowest BCUT2D eigenvalue weighted by molar-refractivity contribution is 0.549. The van der Waals surface area contributed by atoms with E-state index in [-0.39, 0.29) is 6.04 Å². The molecule has 0 amide bonds. The van der Waals surface area contributed by atoms with E-state index >= 15 is 0 Å². The molecule has 0 bridgehead atoms. The number of thiophene rings is 1. The first-order valence-electron chi connectivity index (χ1n) is 5.79. The summed E-state index contributed by atoms with van der Waals surface area (Å²) in [6, 6.07) is 2.09. The van der Waals surface area contributed by atoms with Gasteiger partial charge in [-0.3, -0.25) is 5.84 Å². The lowest BCUT2D eigenvalue weighted by atomic mass is 10.1. The fourth-order valence-corrected chi connectivity index (χ4v) is 2.94. The molecule has 92 valence electrons. The van der Waals surface area contributed by atoms with Crippen molar-refractivity contribution in [2.45, 2.75) is 32.9 Å². The third kappa shape index (κ3) is 2.41. The monoisotopic (exact) mass is 250 g/mol. The van der Waals surface area contributed by atoms with Gasteiger partial charge < -0.3 is 4.57 Å². The maximum atomic E-state index is 5.69. The van der Waals surface area contributed by atoms with Gasteiger partial charge in [0, 0.05) is 23.8 Å². The smallest absolute Gasteiger partial charge is 0.132 e. The van der Waals surface area contributed by atoms with E-state index in [0.717, 1.165) is 18.8 Å². The van der Waals surface area contributed by atoms with E-state index in [1.807, 2.05) is 12.4 Å². The van der Waals surface area contributed by atoms with Crippen LogP contribution in [0, 0.1) is 6.92 Å². The van der Waals surface area contributed by atoms with Crippen molar-refractivity contribution in [3.63, 3.8) is 0 Å². The highest BCUT2D eigenvalue weighted by Gasteiger charge is 2.20. The predicted molar refractivity (Wildman–Crippen MR) is 70.7 cm³/mol. The van der Waals surface area contributed by atoms with Crippen molar-refractivity contribution in [1.29, 1.82) is 0 Å². The highest BCUT2D eigenvalue weighted by molar-refractivity contribution is 7.10. The van der Waals surface area contributed by atoms with E-state index in [0.29, 0.717) is 0 Å². The average molecular weight is 250 g/mol. The molecule has 2 aromatic heterocycles. The van der Waals surface area contributed by atoms with Crippen molar-refractivity contribution in [2.24, 2.45) is 5.84 Å². The standard InChI is InChI=1S/C12H18N4S/c1-3-6-16-7-5-14-12(16)10(15-13)11-9(2)4-8-17-11/h4-5,7-8,10,15H,3,6,13H2,1-2H3. The predicted octanol–water partition coefficient (Wildman–Crippen LogP) is 2.22. The minimum Gasteiger partial charge on any atom is -0.333 e. The summed E-state index contributed by atoms with van der Waals surface area (Å²) < 4.78 is 2.16. The number of hydrogen-bond acceptors (Lipinski definition) is 4. The van der Waals surface area contributed by atoms with Gasteiger partial charge in [0.05, 0.1) is 0 Å². The van der Waals surface area contributed by atoms with Crippen molar-refractivity contribution >= 4 is 11.3 Å². The van der Waals surface area contributed by atoms with Crippen molar-refractivity contribution in [3.05, 3.63) is 40.1 Å². The van der Waals surface area contributed by atoms with Gasteiger partial charge in [0.1, 0.15) is 11.9 Å². The zero-order valence-electron chi connectivity index (χ0n) is 10.2. The van der Waals surface area contributed by atoms with Gasteiger partial charge in [-0.2, -0.15) is 0 Å². The molecule has 5 heteroatoms. The highest BCUT2D eigenvalue weighted by atomic mass is 32.1. The molecule has 0 saturated heterocycles. The number of aryl methyl sites for hydroxylation is 2. The van der Waals surface area contributed by atoms with Crippen LogP contribution in [-0.2, 0) is 6.54 Å². The normalized spacial score (nSPS) is 12.9. The van der Waals surface area contributed by atoms with Crippen LogP contribution in [-0.4, -0.2) is 9.55 Å². The van der Waals surface area contributed by atoms with Crippen LogP contribution in [0.3, 0.4) is 0 Å². The van der Waals surface area contributed by atoms with Crippen molar-refractivity contribution in [3.8, 4) is 0 Å². The maximum absolute atomic E-state index is 5.69. The Kier molecular flexibility index (Phi) is 3.93. The molecular weight excluding hydrogens is 232 g/mol. The van der Waals surface area contributed by atoms with E-state index in [4.69, 9.17) is 5.84 Å². The van der Waals surface area contributed by atoms with Gasteiger partial charge in [-0.1, -0.05) is 6.92 Å². The van der Waals surface area contributed by atoms with Gasteiger partial charge in [0.2, 0.25) is 0 Å². The summed E-state index contributed by atoms with van der Waals surface area (Å²) >= 11 is 1.71. The Morgan fingerprint density at radius 2 is 2.41 bits per heavy atom. The number of imidazole rings is 1. The summed E-state index contributed by atoms with van der Waals surface area (Å²) in [5.74, 6) is 6.68. The van der Waals surface area contributed by atoms with E-state index in [9.17, 15) is 0 Å². The Bertz CT molecular complexity index is 474. The van der Waals surface area contributed by atoms with Crippen LogP contribution in [0.5, 0.6) is 0 Å². The van der Waals surface area contributed by atoms with Crippen LogP contribution >= 0.6 is 11.3 Å². The average Bonchev–Trinajstić information content (AvgIpc) is 2.92. The Morgan fingerprint density at radius 1 is 1.59 bits per heavy atom. The molecule has 0 spiro atoms. The topological polar surface area (TPSA) is 55.9 Å². The summed E-state index contributed by atoms with van der Waals surface area (Å²) in [7, 11) is 0. The zero-order valence-corrected chi connectivity index (χ0v) is 11.0. The quantitative estimate of drug-likeness (QED) is 0.632. The number of aromatic nitrogens is 2.